The number of aryl methyl sites for hydroxylation is 1. The molecule has 1 aromatic heterocycles. The molecule has 5 nitrogen and oxygen atoms in total. The van der Waals surface area contributed by atoms with Crippen LogP contribution in [0.5, 0.6) is 0 Å². The van der Waals surface area contributed by atoms with E-state index in [1.807, 2.05) is 0 Å². The van der Waals surface area contributed by atoms with E-state index < -0.39 is 0 Å². The topological polar surface area (TPSA) is 67.4 Å². The van der Waals surface area contributed by atoms with Crippen LogP contribution in [0.25, 0.3) is 0 Å². The highest BCUT2D eigenvalue weighted by molar-refractivity contribution is 7.80. The van der Waals surface area contributed by atoms with Crippen molar-refractivity contribution in [1.82, 2.24) is 5.32 Å². The number of esters is 1. The van der Waals surface area contributed by atoms with Crippen molar-refractivity contribution in [3.05, 3.63) is 16.0 Å². The Morgan fingerprint density at radius 2 is 1.96 bits per heavy atom. The number of thiocarbonyl (C=S) groups is 1. The van der Waals surface area contributed by atoms with E-state index in [4.69, 9.17) is 17.0 Å². The average Bonchev–Trinajstić information content (AvgIpc) is 3.14. The van der Waals surface area contributed by atoms with Crippen molar-refractivity contribution in [3.63, 3.8) is 0 Å². The molecule has 1 aliphatic carbocycles. The van der Waals surface area contributed by atoms with Crippen molar-refractivity contribution in [3.8, 4) is 0 Å². The Morgan fingerprint density at radius 1 is 1.20 bits per heavy atom. The third-order valence-corrected chi connectivity index (χ3v) is 5.71. The van der Waals surface area contributed by atoms with Crippen LogP contribution in [0.15, 0.2) is 0 Å². The second-order valence-electron chi connectivity index (χ2n) is 6.22. The first-order chi connectivity index (χ1) is 12.1. The normalized spacial score (nSPS) is 12.6. The van der Waals surface area contributed by atoms with E-state index in [2.05, 4.69) is 17.6 Å². The number of unbranched alkanes of at least 4 members (excludes halogenated alkanes) is 4. The molecule has 1 aromatic rings. The predicted octanol–water partition coefficient (Wildman–Crippen LogP) is 4.20. The number of anilines is 1. The fourth-order valence-corrected chi connectivity index (χ4v) is 4.59. The second kappa shape index (κ2) is 9.87. The number of carbonyl (C=O) groups is 2. The smallest absolute Gasteiger partial charge is 0.341 e. The molecule has 0 saturated carbocycles. The molecule has 1 amide bonds. The van der Waals surface area contributed by atoms with Crippen molar-refractivity contribution in [2.45, 2.75) is 64.7 Å². The zero-order chi connectivity index (χ0) is 18.2. The summed E-state index contributed by atoms with van der Waals surface area (Å²) in [5.74, 6) is -0.440. The zero-order valence-corrected chi connectivity index (χ0v) is 16.5. The Kier molecular flexibility index (Phi) is 7.84. The molecule has 0 aliphatic heterocycles. The number of amides is 1. The first kappa shape index (κ1) is 19.8. The van der Waals surface area contributed by atoms with Gasteiger partial charge in [0.25, 0.3) is 0 Å². The van der Waals surface area contributed by atoms with Crippen LogP contribution < -0.4 is 10.6 Å². The van der Waals surface area contributed by atoms with Crippen LogP contribution in [0.1, 0.15) is 72.7 Å². The van der Waals surface area contributed by atoms with Crippen LogP contribution >= 0.6 is 23.6 Å². The van der Waals surface area contributed by atoms with Crippen LogP contribution in [0, 0.1) is 0 Å². The minimum Gasteiger partial charge on any atom is -0.465 e. The lowest BCUT2D eigenvalue weighted by Gasteiger charge is -2.10. The molecule has 0 fully saturated rings. The molecule has 0 atom stereocenters. The Bertz CT molecular complexity index is 641. The van der Waals surface area contributed by atoms with E-state index in [-0.39, 0.29) is 17.0 Å². The summed E-state index contributed by atoms with van der Waals surface area (Å²) in [6.07, 6.45) is 8.88. The summed E-state index contributed by atoms with van der Waals surface area (Å²) in [5.41, 5.74) is 1.63. The highest BCUT2D eigenvalue weighted by Gasteiger charge is 2.27. The lowest BCUT2D eigenvalue weighted by Crippen LogP contribution is -2.34. The maximum absolute atomic E-state index is 12.1. The predicted molar refractivity (Wildman–Crippen MR) is 105 cm³/mol. The molecule has 2 rings (SSSR count). The molecule has 0 unspecified atom stereocenters. The van der Waals surface area contributed by atoms with E-state index in [9.17, 15) is 9.59 Å². The number of methoxy groups -OCH3 is 1. The van der Waals surface area contributed by atoms with Gasteiger partial charge in [-0.2, -0.15) is 0 Å². The van der Waals surface area contributed by atoms with E-state index in [0.29, 0.717) is 17.0 Å². The van der Waals surface area contributed by atoms with Gasteiger partial charge in [0.05, 0.1) is 12.7 Å². The summed E-state index contributed by atoms with van der Waals surface area (Å²) in [7, 11) is 1.38. The number of nitrogens with one attached hydrogen (secondary N) is 2. The van der Waals surface area contributed by atoms with Gasteiger partial charge < -0.3 is 15.4 Å². The number of fused-ring (bicyclic) bond motifs is 1. The van der Waals surface area contributed by atoms with Gasteiger partial charge in [0.15, 0.2) is 5.11 Å². The molecule has 0 radical (unpaired) electrons. The first-order valence-corrected chi connectivity index (χ1v) is 10.1. The molecule has 138 valence electrons. The molecule has 1 aliphatic rings. The highest BCUT2D eigenvalue weighted by atomic mass is 32.1. The van der Waals surface area contributed by atoms with Crippen LogP contribution in [-0.4, -0.2) is 24.1 Å². The summed E-state index contributed by atoms with van der Waals surface area (Å²) in [6.45, 7) is 2.17. The van der Waals surface area contributed by atoms with E-state index in [1.54, 1.807) is 0 Å². The third kappa shape index (κ3) is 5.51. The van der Waals surface area contributed by atoms with Gasteiger partial charge in [-0.15, -0.1) is 11.3 Å². The summed E-state index contributed by atoms with van der Waals surface area (Å²) in [4.78, 5) is 25.3. The molecule has 0 aromatic carbocycles. The lowest BCUT2D eigenvalue weighted by atomic mass is 10.1. The Morgan fingerprint density at radius 3 is 2.68 bits per heavy atom. The van der Waals surface area contributed by atoms with Crippen molar-refractivity contribution in [2.75, 3.05) is 12.4 Å². The molecular formula is C18H26N2O3S2. The van der Waals surface area contributed by atoms with Gasteiger partial charge in [0, 0.05) is 11.3 Å². The van der Waals surface area contributed by atoms with Gasteiger partial charge in [0.1, 0.15) is 5.00 Å². The van der Waals surface area contributed by atoms with Crippen molar-refractivity contribution in [2.24, 2.45) is 0 Å². The minimum absolute atomic E-state index is 0.0855. The van der Waals surface area contributed by atoms with E-state index in [0.717, 1.165) is 44.1 Å². The highest BCUT2D eigenvalue weighted by Crippen LogP contribution is 2.39. The van der Waals surface area contributed by atoms with Gasteiger partial charge in [-0.25, -0.2) is 4.79 Å². The molecule has 0 bridgehead atoms. The lowest BCUT2D eigenvalue weighted by molar-refractivity contribution is -0.119. The second-order valence-corrected chi connectivity index (χ2v) is 7.73. The molecule has 7 heteroatoms. The maximum atomic E-state index is 12.1. The SMILES string of the molecule is CCCCCCCC(=O)NC(=S)Nc1sc2c(c1C(=O)OC)CCC2. The van der Waals surface area contributed by atoms with Gasteiger partial charge in [0.2, 0.25) is 5.91 Å². The number of hydrogen-bond donors (Lipinski definition) is 2. The Labute approximate surface area is 158 Å². The minimum atomic E-state index is -0.355. The fraction of sp³-hybridized carbons (Fsp3) is 0.611. The maximum Gasteiger partial charge on any atom is 0.341 e. The summed E-state index contributed by atoms with van der Waals surface area (Å²) >= 11 is 6.76. The van der Waals surface area contributed by atoms with Gasteiger partial charge in [-0.3, -0.25) is 4.79 Å². The number of rotatable bonds is 8. The summed E-state index contributed by atoms with van der Waals surface area (Å²) in [5, 5.41) is 6.63. The molecule has 1 heterocycles. The largest absolute Gasteiger partial charge is 0.465 e. The molecule has 25 heavy (non-hydrogen) atoms. The monoisotopic (exact) mass is 382 g/mol. The summed E-state index contributed by atoms with van der Waals surface area (Å²) < 4.78 is 4.91. The average molecular weight is 383 g/mol. The van der Waals surface area contributed by atoms with E-state index >= 15 is 0 Å². The molecule has 2 N–H and O–H groups in total. The number of carbonyl (C=O) groups excluding carboxylic acids is 2. The summed E-state index contributed by atoms with van der Waals surface area (Å²) in [6, 6.07) is 0. The fourth-order valence-electron chi connectivity index (χ4n) is 3.02. The van der Waals surface area contributed by atoms with E-state index in [1.165, 1.54) is 36.2 Å². The van der Waals surface area contributed by atoms with Gasteiger partial charge >= 0.3 is 5.97 Å². The van der Waals surface area contributed by atoms with Crippen molar-refractivity contribution >= 4 is 45.5 Å². The van der Waals surface area contributed by atoms with Crippen molar-refractivity contribution in [1.29, 1.82) is 0 Å². The number of thiophene rings is 1. The quantitative estimate of drug-likeness (QED) is 0.401. The van der Waals surface area contributed by atoms with Gasteiger partial charge in [-0.05, 0) is 43.5 Å². The van der Waals surface area contributed by atoms with Crippen molar-refractivity contribution < 1.29 is 14.3 Å². The van der Waals surface area contributed by atoms with Gasteiger partial charge in [-0.1, -0.05) is 32.6 Å². The van der Waals surface area contributed by atoms with Crippen LogP contribution in [-0.2, 0) is 22.4 Å². The third-order valence-electron chi connectivity index (χ3n) is 4.30. The van der Waals surface area contributed by atoms with Crippen LogP contribution in [0.3, 0.4) is 0 Å². The molecular weight excluding hydrogens is 356 g/mol. The Hall–Kier alpha value is -1.47. The standard InChI is InChI=1S/C18H26N2O3S2/c1-3-4-5-6-7-11-14(21)19-18(24)20-16-15(17(22)23-2)12-9-8-10-13(12)25-16/h3-11H2,1-2H3,(H2,19,20,21,24). The Balaban J connectivity index is 1.88. The molecule has 0 saturated heterocycles. The first-order valence-electron chi connectivity index (χ1n) is 8.90. The number of hydrogen-bond acceptors (Lipinski definition) is 5. The van der Waals surface area contributed by atoms with Crippen LogP contribution in [0.4, 0.5) is 5.00 Å². The molecule has 0 spiro atoms. The van der Waals surface area contributed by atoms with Crippen LogP contribution in [0.2, 0.25) is 0 Å². The number of ether oxygens (including phenoxy) is 1. The zero-order valence-electron chi connectivity index (χ0n) is 14.9.